The highest BCUT2D eigenvalue weighted by molar-refractivity contribution is 5.89. The second-order valence-corrected chi connectivity index (χ2v) is 4.24. The molecule has 0 aromatic heterocycles. The van der Waals surface area contributed by atoms with E-state index in [0.717, 1.165) is 37.6 Å². The summed E-state index contributed by atoms with van der Waals surface area (Å²) < 4.78 is 10.5. The highest BCUT2D eigenvalue weighted by Gasteiger charge is 2.18. The Balaban J connectivity index is 0.00000133. The molecule has 2 heterocycles. The van der Waals surface area contributed by atoms with Crippen molar-refractivity contribution in [3.8, 4) is 11.5 Å². The van der Waals surface area contributed by atoms with Crippen molar-refractivity contribution in [2.24, 2.45) is 0 Å². The summed E-state index contributed by atoms with van der Waals surface area (Å²) in [5.41, 5.74) is 0.725. The summed E-state index contributed by atoms with van der Waals surface area (Å²) in [5.74, 6) is 1.39. The van der Waals surface area contributed by atoms with E-state index in [1.54, 1.807) is 17.0 Å². The minimum atomic E-state index is -0.0737. The minimum absolute atomic E-state index is 0. The number of ether oxygens (including phenoxy) is 2. The van der Waals surface area contributed by atoms with Gasteiger partial charge in [-0.2, -0.15) is 0 Å². The number of hydrogen-bond acceptors (Lipinski definition) is 4. The first-order valence-corrected chi connectivity index (χ1v) is 5.99. The molecule has 3 rings (SSSR count). The van der Waals surface area contributed by atoms with Crippen molar-refractivity contribution in [2.45, 2.75) is 0 Å². The number of amides is 2. The first-order chi connectivity index (χ1) is 8.83. The molecule has 104 valence electrons. The molecule has 0 saturated carbocycles. The molecular formula is C12H16ClN3O3. The molecule has 6 nitrogen and oxygen atoms in total. The van der Waals surface area contributed by atoms with Crippen LogP contribution in [0.3, 0.4) is 0 Å². The lowest BCUT2D eigenvalue weighted by Crippen LogP contribution is -2.48. The Bertz CT molecular complexity index is 464. The maximum atomic E-state index is 12.0. The number of rotatable bonds is 1. The minimum Gasteiger partial charge on any atom is -0.454 e. The monoisotopic (exact) mass is 285 g/mol. The smallest absolute Gasteiger partial charge is 0.321 e. The third-order valence-corrected chi connectivity index (χ3v) is 3.03. The van der Waals surface area contributed by atoms with Crippen LogP contribution in [0.15, 0.2) is 18.2 Å². The van der Waals surface area contributed by atoms with Crippen molar-refractivity contribution in [1.82, 2.24) is 10.2 Å². The van der Waals surface area contributed by atoms with Gasteiger partial charge in [0, 0.05) is 37.9 Å². The number of nitrogens with one attached hydrogen (secondary N) is 2. The summed E-state index contributed by atoms with van der Waals surface area (Å²) in [6.45, 7) is 3.39. The molecule has 0 unspecified atom stereocenters. The van der Waals surface area contributed by atoms with Crippen molar-refractivity contribution in [1.29, 1.82) is 0 Å². The zero-order chi connectivity index (χ0) is 12.4. The number of benzene rings is 1. The third-order valence-electron chi connectivity index (χ3n) is 3.03. The average molecular weight is 286 g/mol. The third kappa shape index (κ3) is 3.02. The lowest BCUT2D eigenvalue weighted by molar-refractivity contribution is 0.174. The van der Waals surface area contributed by atoms with Gasteiger partial charge in [-0.25, -0.2) is 4.79 Å². The second kappa shape index (κ2) is 5.99. The molecule has 19 heavy (non-hydrogen) atoms. The van der Waals surface area contributed by atoms with Gasteiger partial charge in [-0.05, 0) is 12.1 Å². The van der Waals surface area contributed by atoms with Crippen molar-refractivity contribution < 1.29 is 14.3 Å². The molecule has 7 heteroatoms. The SMILES string of the molecule is Cl.O=C(Nc1ccc2c(c1)OCO2)N1CCNCC1. The summed E-state index contributed by atoms with van der Waals surface area (Å²) >= 11 is 0. The van der Waals surface area contributed by atoms with E-state index in [0.29, 0.717) is 5.75 Å². The van der Waals surface area contributed by atoms with Gasteiger partial charge in [-0.3, -0.25) is 0 Å². The fourth-order valence-electron chi connectivity index (χ4n) is 2.04. The Morgan fingerprint density at radius 1 is 1.21 bits per heavy atom. The van der Waals surface area contributed by atoms with E-state index in [2.05, 4.69) is 10.6 Å². The van der Waals surface area contributed by atoms with Crippen molar-refractivity contribution in [2.75, 3.05) is 38.3 Å². The molecule has 0 radical (unpaired) electrons. The van der Waals surface area contributed by atoms with Crippen LogP contribution in [0, 0.1) is 0 Å². The maximum absolute atomic E-state index is 12.0. The van der Waals surface area contributed by atoms with Gasteiger partial charge in [0.1, 0.15) is 0 Å². The standard InChI is InChI=1S/C12H15N3O3.ClH/c16-12(15-5-3-13-4-6-15)14-9-1-2-10-11(7-9)18-8-17-10;/h1-2,7,13H,3-6,8H2,(H,14,16);1H. The molecule has 1 saturated heterocycles. The lowest BCUT2D eigenvalue weighted by Gasteiger charge is -2.27. The van der Waals surface area contributed by atoms with Crippen LogP contribution in [0.2, 0.25) is 0 Å². The molecule has 1 aromatic rings. The van der Waals surface area contributed by atoms with Gasteiger partial charge >= 0.3 is 6.03 Å². The largest absolute Gasteiger partial charge is 0.454 e. The van der Waals surface area contributed by atoms with Gasteiger partial charge < -0.3 is 25.0 Å². The Morgan fingerprint density at radius 2 is 1.95 bits per heavy atom. The summed E-state index contributed by atoms with van der Waals surface area (Å²) in [7, 11) is 0. The Kier molecular flexibility index (Phi) is 4.34. The predicted octanol–water partition coefficient (Wildman–Crippen LogP) is 1.27. The molecule has 2 aliphatic heterocycles. The van der Waals surface area contributed by atoms with Gasteiger partial charge in [0.25, 0.3) is 0 Å². The Labute approximate surface area is 117 Å². The molecule has 2 aliphatic rings. The topological polar surface area (TPSA) is 62.8 Å². The maximum Gasteiger partial charge on any atom is 0.321 e. The highest BCUT2D eigenvalue weighted by atomic mass is 35.5. The Hall–Kier alpha value is -1.66. The van der Waals surface area contributed by atoms with Crippen LogP contribution in [0.4, 0.5) is 10.5 Å². The average Bonchev–Trinajstić information content (AvgIpc) is 2.87. The number of urea groups is 1. The first-order valence-electron chi connectivity index (χ1n) is 5.99. The molecule has 0 bridgehead atoms. The van der Waals surface area contributed by atoms with Crippen molar-refractivity contribution >= 4 is 24.1 Å². The number of halogens is 1. The number of fused-ring (bicyclic) bond motifs is 1. The summed E-state index contributed by atoms with van der Waals surface area (Å²) in [4.78, 5) is 13.8. The molecule has 0 atom stereocenters. The molecule has 1 aromatic carbocycles. The number of nitrogens with zero attached hydrogens (tertiary/aromatic N) is 1. The van der Waals surface area contributed by atoms with Crippen LogP contribution >= 0.6 is 12.4 Å². The van der Waals surface area contributed by atoms with E-state index in [-0.39, 0.29) is 25.2 Å². The van der Waals surface area contributed by atoms with Gasteiger partial charge in [-0.1, -0.05) is 0 Å². The van der Waals surface area contributed by atoms with E-state index in [4.69, 9.17) is 9.47 Å². The molecule has 0 aliphatic carbocycles. The number of piperazine rings is 1. The summed E-state index contributed by atoms with van der Waals surface area (Å²) in [6, 6.07) is 5.32. The van der Waals surface area contributed by atoms with Gasteiger partial charge in [0.05, 0.1) is 0 Å². The highest BCUT2D eigenvalue weighted by Crippen LogP contribution is 2.34. The fraction of sp³-hybridized carbons (Fsp3) is 0.417. The molecule has 0 spiro atoms. The first kappa shape index (κ1) is 13.8. The fourth-order valence-corrected chi connectivity index (χ4v) is 2.04. The summed E-state index contributed by atoms with van der Waals surface area (Å²) in [5, 5.41) is 6.07. The quantitative estimate of drug-likeness (QED) is 0.816. The second-order valence-electron chi connectivity index (χ2n) is 4.24. The van der Waals surface area contributed by atoms with Gasteiger partial charge in [-0.15, -0.1) is 12.4 Å². The van der Waals surface area contributed by atoms with E-state index >= 15 is 0 Å². The van der Waals surface area contributed by atoms with Crippen molar-refractivity contribution in [3.05, 3.63) is 18.2 Å². The predicted molar refractivity (Wildman–Crippen MR) is 73.3 cm³/mol. The van der Waals surface area contributed by atoms with Crippen LogP contribution in [0.25, 0.3) is 0 Å². The van der Waals surface area contributed by atoms with E-state index in [9.17, 15) is 4.79 Å². The number of carbonyl (C=O) groups excluding carboxylic acids is 1. The van der Waals surface area contributed by atoms with Crippen LogP contribution in [-0.4, -0.2) is 43.9 Å². The molecule has 2 amide bonds. The molecule has 2 N–H and O–H groups in total. The van der Waals surface area contributed by atoms with E-state index < -0.39 is 0 Å². The summed E-state index contributed by atoms with van der Waals surface area (Å²) in [6.07, 6.45) is 0. The number of hydrogen-bond donors (Lipinski definition) is 2. The van der Waals surface area contributed by atoms with Gasteiger partial charge in [0.15, 0.2) is 11.5 Å². The molecular weight excluding hydrogens is 270 g/mol. The number of carbonyl (C=O) groups is 1. The van der Waals surface area contributed by atoms with E-state index in [1.807, 2.05) is 6.07 Å². The van der Waals surface area contributed by atoms with Crippen LogP contribution in [-0.2, 0) is 0 Å². The van der Waals surface area contributed by atoms with Crippen molar-refractivity contribution in [3.63, 3.8) is 0 Å². The zero-order valence-corrected chi connectivity index (χ0v) is 11.2. The lowest BCUT2D eigenvalue weighted by atomic mass is 10.3. The van der Waals surface area contributed by atoms with Gasteiger partial charge in [0.2, 0.25) is 6.79 Å². The van der Waals surface area contributed by atoms with Crippen LogP contribution in [0.1, 0.15) is 0 Å². The zero-order valence-electron chi connectivity index (χ0n) is 10.3. The van der Waals surface area contributed by atoms with E-state index in [1.165, 1.54) is 0 Å². The Morgan fingerprint density at radius 3 is 2.74 bits per heavy atom. The normalized spacial score (nSPS) is 16.7. The van der Waals surface area contributed by atoms with Crippen LogP contribution < -0.4 is 20.1 Å². The molecule has 1 fully saturated rings. The van der Waals surface area contributed by atoms with Crippen LogP contribution in [0.5, 0.6) is 11.5 Å². The number of anilines is 1.